The fourth-order valence-corrected chi connectivity index (χ4v) is 1.86. The van der Waals surface area contributed by atoms with Gasteiger partial charge in [0.25, 0.3) is 0 Å². The van der Waals surface area contributed by atoms with Gasteiger partial charge in [0.15, 0.2) is 0 Å². The maximum Gasteiger partial charge on any atom is 0.496 e. The molecule has 5 heteroatoms. The largest absolute Gasteiger partial charge is 0.496 e. The van der Waals surface area contributed by atoms with Gasteiger partial charge in [-0.25, -0.2) is 0 Å². The third kappa shape index (κ3) is 6.06. The molecule has 4 nitrogen and oxygen atoms in total. The van der Waals surface area contributed by atoms with Gasteiger partial charge in [-0.05, 0) is 37.8 Å². The second kappa shape index (κ2) is 10.1. The van der Waals surface area contributed by atoms with Gasteiger partial charge in [-0.1, -0.05) is 18.2 Å². The van der Waals surface area contributed by atoms with Crippen molar-refractivity contribution in [2.45, 2.75) is 25.7 Å². The molecule has 0 aromatic heterocycles. The average molecular weight is 290 g/mol. The van der Waals surface area contributed by atoms with Crippen LogP contribution in [0, 0.1) is 0 Å². The molecule has 0 atom stereocenters. The Balaban J connectivity index is 2.70. The van der Waals surface area contributed by atoms with Crippen LogP contribution in [-0.2, 0) is 0 Å². The highest BCUT2D eigenvalue weighted by molar-refractivity contribution is 6.60. The van der Waals surface area contributed by atoms with Crippen LogP contribution in [0.2, 0.25) is 0 Å². The highest BCUT2D eigenvalue weighted by Gasteiger charge is 2.22. The highest BCUT2D eigenvalue weighted by Crippen LogP contribution is 2.18. The summed E-state index contributed by atoms with van der Waals surface area (Å²) >= 11 is 0. The van der Waals surface area contributed by atoms with E-state index in [0.717, 1.165) is 19.3 Å². The first-order valence-corrected chi connectivity index (χ1v) is 7.17. The summed E-state index contributed by atoms with van der Waals surface area (Å²) < 4.78 is 11.2. The summed E-state index contributed by atoms with van der Waals surface area (Å²) in [5.74, 6) is 0.871. The molecule has 0 bridgehead atoms. The zero-order valence-corrected chi connectivity index (χ0v) is 12.3. The van der Waals surface area contributed by atoms with Crippen molar-refractivity contribution in [3.8, 4) is 11.5 Å². The van der Waals surface area contributed by atoms with Gasteiger partial charge < -0.3 is 19.5 Å². The predicted molar refractivity (Wildman–Crippen MR) is 86.1 cm³/mol. The van der Waals surface area contributed by atoms with E-state index in [4.69, 9.17) is 9.47 Å². The number of ether oxygens (including phenoxy) is 2. The van der Waals surface area contributed by atoms with Gasteiger partial charge in [-0.2, -0.15) is 0 Å². The van der Waals surface area contributed by atoms with E-state index < -0.39 is 7.12 Å². The minimum atomic E-state index is -1.63. The number of allylic oxidation sites excluding steroid dienone is 1. The molecule has 114 valence electrons. The second-order valence-corrected chi connectivity index (χ2v) is 4.60. The van der Waals surface area contributed by atoms with E-state index in [1.807, 2.05) is 6.08 Å². The van der Waals surface area contributed by atoms with Crippen LogP contribution in [0.15, 0.2) is 43.5 Å². The molecule has 0 aliphatic carbocycles. The van der Waals surface area contributed by atoms with Crippen LogP contribution >= 0.6 is 0 Å². The highest BCUT2D eigenvalue weighted by atomic mass is 16.5. The summed E-state index contributed by atoms with van der Waals surface area (Å²) in [5.41, 5.74) is 0.269. The Kier molecular flexibility index (Phi) is 8.32. The van der Waals surface area contributed by atoms with Gasteiger partial charge in [0.1, 0.15) is 11.5 Å². The van der Waals surface area contributed by atoms with E-state index in [-0.39, 0.29) is 5.46 Å². The zero-order chi connectivity index (χ0) is 15.5. The Bertz CT molecular complexity index is 446. The lowest BCUT2D eigenvalue weighted by atomic mass is 9.78. The van der Waals surface area contributed by atoms with E-state index in [9.17, 15) is 10.0 Å². The van der Waals surface area contributed by atoms with Crippen LogP contribution in [0.1, 0.15) is 25.7 Å². The Labute approximate surface area is 126 Å². The number of benzene rings is 1. The van der Waals surface area contributed by atoms with Crippen LogP contribution in [0.4, 0.5) is 0 Å². The molecule has 0 amide bonds. The van der Waals surface area contributed by atoms with Gasteiger partial charge in [-0.3, -0.25) is 0 Å². The third-order valence-electron chi connectivity index (χ3n) is 2.92. The lowest BCUT2D eigenvalue weighted by Gasteiger charge is -2.15. The van der Waals surface area contributed by atoms with Gasteiger partial charge in [0.05, 0.1) is 18.7 Å². The molecule has 0 saturated carbocycles. The van der Waals surface area contributed by atoms with Crippen molar-refractivity contribution >= 4 is 12.6 Å². The molecule has 0 heterocycles. The molecule has 0 radical (unpaired) electrons. The lowest BCUT2D eigenvalue weighted by molar-refractivity contribution is 0.299. The molecule has 2 N–H and O–H groups in total. The van der Waals surface area contributed by atoms with Crippen molar-refractivity contribution < 1.29 is 19.5 Å². The van der Waals surface area contributed by atoms with Crippen molar-refractivity contribution in [1.82, 2.24) is 0 Å². The summed E-state index contributed by atoms with van der Waals surface area (Å²) in [7, 11) is -1.63. The van der Waals surface area contributed by atoms with Crippen molar-refractivity contribution in [1.29, 1.82) is 0 Å². The molecule has 0 aliphatic rings. The normalized spacial score (nSPS) is 10.0. The summed E-state index contributed by atoms with van der Waals surface area (Å²) in [6.45, 7) is 8.25. The van der Waals surface area contributed by atoms with Crippen molar-refractivity contribution in [3.63, 3.8) is 0 Å². The first-order valence-electron chi connectivity index (χ1n) is 7.17. The molecule has 21 heavy (non-hydrogen) atoms. The number of rotatable bonds is 11. The van der Waals surface area contributed by atoms with E-state index >= 15 is 0 Å². The standard InChI is InChI=1S/C16H23BO4/c1-3-5-7-8-13-21-15-11-9-10-14(16(15)17(18)19)20-12-6-4-2/h3-4,9-11,18-19H,1-2,5-8,12-13H2. The van der Waals surface area contributed by atoms with E-state index in [1.54, 1.807) is 24.3 Å². The molecule has 0 spiro atoms. The number of hydrogen-bond donors (Lipinski definition) is 2. The first kappa shape index (κ1) is 17.3. The van der Waals surface area contributed by atoms with Gasteiger partial charge in [-0.15, -0.1) is 13.2 Å². The number of unbranched alkanes of at least 4 members (excludes halogenated alkanes) is 2. The molecule has 1 rings (SSSR count). The molecule has 0 saturated heterocycles. The molecule has 1 aromatic carbocycles. The topological polar surface area (TPSA) is 58.9 Å². The lowest BCUT2D eigenvalue weighted by Crippen LogP contribution is -2.33. The Morgan fingerprint density at radius 3 is 2.14 bits per heavy atom. The van der Waals surface area contributed by atoms with E-state index in [1.165, 1.54) is 0 Å². The van der Waals surface area contributed by atoms with Crippen molar-refractivity contribution in [2.24, 2.45) is 0 Å². The SMILES string of the molecule is C=CCCCCOc1cccc(OCCC=C)c1B(O)O. The van der Waals surface area contributed by atoms with Gasteiger partial charge in [0, 0.05) is 0 Å². The Morgan fingerprint density at radius 2 is 1.57 bits per heavy atom. The van der Waals surface area contributed by atoms with Gasteiger partial charge in [0.2, 0.25) is 0 Å². The molecule has 1 aromatic rings. The molecular weight excluding hydrogens is 267 g/mol. The fraction of sp³-hybridized carbons (Fsp3) is 0.375. The van der Waals surface area contributed by atoms with Crippen LogP contribution in [0.25, 0.3) is 0 Å². The Hall–Kier alpha value is -1.72. The molecule has 0 aliphatic heterocycles. The molecule has 0 fully saturated rings. The smallest absolute Gasteiger partial charge is 0.494 e. The fourth-order valence-electron chi connectivity index (χ4n) is 1.86. The van der Waals surface area contributed by atoms with E-state index in [2.05, 4.69) is 13.2 Å². The Morgan fingerprint density at radius 1 is 0.952 bits per heavy atom. The summed E-state index contributed by atoms with van der Waals surface area (Å²) in [4.78, 5) is 0. The van der Waals surface area contributed by atoms with Crippen LogP contribution in [-0.4, -0.2) is 30.4 Å². The van der Waals surface area contributed by atoms with Gasteiger partial charge >= 0.3 is 7.12 Å². The second-order valence-electron chi connectivity index (χ2n) is 4.60. The molecule has 0 unspecified atom stereocenters. The zero-order valence-electron chi connectivity index (χ0n) is 12.3. The van der Waals surface area contributed by atoms with Crippen molar-refractivity contribution in [3.05, 3.63) is 43.5 Å². The van der Waals surface area contributed by atoms with E-state index in [0.29, 0.717) is 31.1 Å². The summed E-state index contributed by atoms with van der Waals surface area (Å²) in [6, 6.07) is 5.18. The quantitative estimate of drug-likeness (QED) is 0.372. The maximum atomic E-state index is 9.54. The minimum Gasteiger partial charge on any atom is -0.494 e. The van der Waals surface area contributed by atoms with Crippen LogP contribution in [0.5, 0.6) is 11.5 Å². The summed E-state index contributed by atoms with van der Waals surface area (Å²) in [5, 5.41) is 19.1. The summed E-state index contributed by atoms with van der Waals surface area (Å²) in [6.07, 6.45) is 7.13. The first-order chi connectivity index (χ1) is 10.2. The minimum absolute atomic E-state index is 0.269. The van der Waals surface area contributed by atoms with Crippen molar-refractivity contribution in [2.75, 3.05) is 13.2 Å². The average Bonchev–Trinajstić information content (AvgIpc) is 2.47. The van der Waals surface area contributed by atoms with Crippen LogP contribution < -0.4 is 14.9 Å². The number of hydrogen-bond acceptors (Lipinski definition) is 4. The molecular formula is C16H23BO4. The predicted octanol–water partition coefficient (Wildman–Crippen LogP) is 2.06. The third-order valence-corrected chi connectivity index (χ3v) is 2.92. The monoisotopic (exact) mass is 290 g/mol. The maximum absolute atomic E-state index is 9.54. The van der Waals surface area contributed by atoms with Crippen LogP contribution in [0.3, 0.4) is 0 Å².